The molecule has 2 aliphatic heterocycles. The zero-order valence-corrected chi connectivity index (χ0v) is 21.5. The average molecular weight is 466 g/mol. The van der Waals surface area contributed by atoms with Crippen LogP contribution in [0.25, 0.3) is 0 Å². The number of carbonyl (C=O) groups is 1. The molecule has 2 aliphatic rings. The lowest BCUT2D eigenvalue weighted by molar-refractivity contribution is 0.0713. The zero-order chi connectivity index (χ0) is 24.5. The van der Waals surface area contributed by atoms with Crippen LogP contribution in [0.4, 0.5) is 5.69 Å². The highest BCUT2D eigenvalue weighted by atomic mass is 16.3. The summed E-state index contributed by atoms with van der Waals surface area (Å²) in [7, 11) is 1.97. The second-order valence-electron chi connectivity index (χ2n) is 9.41. The Bertz CT molecular complexity index is 908. The van der Waals surface area contributed by atoms with Crippen molar-refractivity contribution in [3.63, 3.8) is 0 Å². The fraction of sp³-hybridized carbons (Fsp3) is 0.552. The summed E-state index contributed by atoms with van der Waals surface area (Å²) in [5, 5.41) is 13.6. The lowest BCUT2D eigenvalue weighted by Crippen LogP contribution is -2.38. The molecule has 4 rings (SSSR count). The molecule has 5 heteroatoms. The van der Waals surface area contributed by atoms with E-state index in [0.29, 0.717) is 18.4 Å². The van der Waals surface area contributed by atoms with E-state index in [-0.39, 0.29) is 12.0 Å². The normalized spacial score (nSPS) is 20.7. The Hall–Kier alpha value is -2.37. The summed E-state index contributed by atoms with van der Waals surface area (Å²) in [4.78, 5) is 17.5. The third kappa shape index (κ3) is 6.39. The minimum Gasteiger partial charge on any atom is -0.391 e. The Morgan fingerprint density at radius 2 is 1.79 bits per heavy atom. The molecule has 0 aliphatic carbocycles. The minimum absolute atomic E-state index is 0.124. The molecule has 2 atom stereocenters. The van der Waals surface area contributed by atoms with Gasteiger partial charge in [-0.2, -0.15) is 0 Å². The third-order valence-corrected chi connectivity index (χ3v) is 7.11. The molecule has 186 valence electrons. The molecule has 0 spiro atoms. The Kier molecular flexibility index (Phi) is 9.97. The van der Waals surface area contributed by atoms with Gasteiger partial charge in [0.1, 0.15) is 0 Å². The molecular weight excluding hydrogens is 422 g/mol. The Morgan fingerprint density at radius 1 is 1.06 bits per heavy atom. The van der Waals surface area contributed by atoms with Gasteiger partial charge >= 0.3 is 0 Å². The van der Waals surface area contributed by atoms with Crippen molar-refractivity contribution in [1.82, 2.24) is 10.2 Å². The summed E-state index contributed by atoms with van der Waals surface area (Å²) in [6, 6.07) is 16.8. The van der Waals surface area contributed by atoms with Crippen molar-refractivity contribution >= 4 is 11.6 Å². The number of piperidine rings is 1. The van der Waals surface area contributed by atoms with Gasteiger partial charge in [-0.1, -0.05) is 57.5 Å². The molecule has 2 N–H and O–H groups in total. The fourth-order valence-electron chi connectivity index (χ4n) is 5.31. The second-order valence-corrected chi connectivity index (χ2v) is 9.41. The summed E-state index contributed by atoms with van der Waals surface area (Å²) in [6.07, 6.45) is 3.86. The number of nitrogens with zero attached hydrogens (tertiary/aromatic N) is 2. The number of hydrogen-bond donors (Lipinski definition) is 2. The van der Waals surface area contributed by atoms with E-state index < -0.39 is 0 Å². The van der Waals surface area contributed by atoms with Crippen LogP contribution in [0.5, 0.6) is 0 Å². The van der Waals surface area contributed by atoms with Crippen LogP contribution < -0.4 is 10.2 Å². The summed E-state index contributed by atoms with van der Waals surface area (Å²) >= 11 is 0. The van der Waals surface area contributed by atoms with Crippen LogP contribution >= 0.6 is 0 Å². The van der Waals surface area contributed by atoms with Gasteiger partial charge in [0.05, 0.1) is 6.10 Å². The number of amides is 1. The molecule has 1 amide bonds. The van der Waals surface area contributed by atoms with E-state index in [0.717, 1.165) is 63.1 Å². The number of rotatable bonds is 7. The fourth-order valence-corrected chi connectivity index (χ4v) is 5.31. The number of aliphatic hydroxyl groups excluding tert-OH is 1. The minimum atomic E-state index is -0.278. The standard InChI is InChI=1S/C27H37N3O2.C2H6/c1-3-6-24-18-30(19-26(24)31)25-10-5-9-23(16-25)27(32)29-13-11-21(12-14-29)22-8-4-7-20(15-22)17-28-2;1-2/h4-5,7-10,15-16,21,24,26,28,31H,3,6,11-14,17-19H2,1-2H3;1-2H3. The Labute approximate surface area is 206 Å². The molecule has 2 unspecified atom stereocenters. The zero-order valence-electron chi connectivity index (χ0n) is 21.5. The molecule has 2 aromatic rings. The molecular formula is C29H43N3O2. The van der Waals surface area contributed by atoms with Gasteiger partial charge in [-0.05, 0) is 61.6 Å². The lowest BCUT2D eigenvalue weighted by Gasteiger charge is -2.32. The first-order valence-electron chi connectivity index (χ1n) is 13.1. The van der Waals surface area contributed by atoms with Gasteiger partial charge in [-0.25, -0.2) is 0 Å². The molecule has 34 heavy (non-hydrogen) atoms. The van der Waals surface area contributed by atoms with Crippen molar-refractivity contribution in [2.45, 2.75) is 65.0 Å². The quantitative estimate of drug-likeness (QED) is 0.601. The van der Waals surface area contributed by atoms with E-state index >= 15 is 0 Å². The van der Waals surface area contributed by atoms with Crippen molar-refractivity contribution < 1.29 is 9.90 Å². The first kappa shape index (κ1) is 26.2. The number of benzene rings is 2. The first-order chi connectivity index (χ1) is 16.6. The monoisotopic (exact) mass is 465 g/mol. The van der Waals surface area contributed by atoms with E-state index in [1.54, 1.807) is 0 Å². The largest absolute Gasteiger partial charge is 0.391 e. The van der Waals surface area contributed by atoms with Crippen LogP contribution in [0.3, 0.4) is 0 Å². The van der Waals surface area contributed by atoms with Crippen molar-refractivity contribution in [3.05, 3.63) is 65.2 Å². The SMILES string of the molecule is CC.CCCC1CN(c2cccc(C(=O)N3CCC(c4cccc(CNC)c4)CC3)c2)CC1O. The summed E-state index contributed by atoms with van der Waals surface area (Å²) in [5.74, 6) is 0.966. The highest BCUT2D eigenvalue weighted by molar-refractivity contribution is 5.95. The number of aliphatic hydroxyl groups is 1. The highest BCUT2D eigenvalue weighted by Crippen LogP contribution is 2.31. The number of anilines is 1. The number of carbonyl (C=O) groups excluding carboxylic acids is 1. The predicted octanol–water partition coefficient (Wildman–Crippen LogP) is 5.05. The first-order valence-corrected chi connectivity index (χ1v) is 13.1. The van der Waals surface area contributed by atoms with E-state index in [1.807, 2.05) is 44.0 Å². The van der Waals surface area contributed by atoms with Gasteiger partial charge in [0.2, 0.25) is 0 Å². The van der Waals surface area contributed by atoms with Crippen LogP contribution in [-0.4, -0.2) is 55.2 Å². The van der Waals surface area contributed by atoms with Gasteiger partial charge in [-0.3, -0.25) is 4.79 Å². The lowest BCUT2D eigenvalue weighted by atomic mass is 9.88. The van der Waals surface area contributed by atoms with Crippen molar-refractivity contribution in [1.29, 1.82) is 0 Å². The maximum absolute atomic E-state index is 13.2. The molecule has 0 radical (unpaired) electrons. The molecule has 2 aromatic carbocycles. The van der Waals surface area contributed by atoms with Crippen molar-refractivity contribution in [2.75, 3.05) is 38.1 Å². The van der Waals surface area contributed by atoms with Crippen molar-refractivity contribution in [3.8, 4) is 0 Å². The maximum atomic E-state index is 13.2. The van der Waals surface area contributed by atoms with Crippen molar-refractivity contribution in [2.24, 2.45) is 5.92 Å². The number of β-amino-alcohol motifs (C(OH)–C–C–N with tert-alkyl or cyclic N) is 1. The van der Waals surface area contributed by atoms with E-state index in [9.17, 15) is 9.90 Å². The molecule has 2 fully saturated rings. The number of likely N-dealkylation sites (tertiary alicyclic amines) is 1. The highest BCUT2D eigenvalue weighted by Gasteiger charge is 2.31. The van der Waals surface area contributed by atoms with Gasteiger partial charge in [0.25, 0.3) is 5.91 Å². The van der Waals surface area contributed by atoms with Gasteiger partial charge in [0.15, 0.2) is 0 Å². The van der Waals surface area contributed by atoms with Crippen LogP contribution in [0.15, 0.2) is 48.5 Å². The van der Waals surface area contributed by atoms with Crippen LogP contribution in [0.2, 0.25) is 0 Å². The Balaban J connectivity index is 0.00000158. The molecule has 0 saturated carbocycles. The number of nitrogens with one attached hydrogen (secondary N) is 1. The average Bonchev–Trinajstić information content (AvgIpc) is 3.26. The maximum Gasteiger partial charge on any atom is 0.253 e. The van der Waals surface area contributed by atoms with Gasteiger partial charge < -0.3 is 20.2 Å². The summed E-state index contributed by atoms with van der Waals surface area (Å²) in [6.45, 7) is 10.2. The van der Waals surface area contributed by atoms with E-state index in [2.05, 4.69) is 47.5 Å². The smallest absolute Gasteiger partial charge is 0.253 e. The molecule has 2 heterocycles. The number of hydrogen-bond acceptors (Lipinski definition) is 4. The van der Waals surface area contributed by atoms with Crippen LogP contribution in [0.1, 0.15) is 73.9 Å². The van der Waals surface area contributed by atoms with Crippen LogP contribution in [0, 0.1) is 5.92 Å². The Morgan fingerprint density at radius 3 is 2.50 bits per heavy atom. The van der Waals surface area contributed by atoms with E-state index in [4.69, 9.17) is 0 Å². The predicted molar refractivity (Wildman–Crippen MR) is 141 cm³/mol. The third-order valence-electron chi connectivity index (χ3n) is 7.11. The van der Waals surface area contributed by atoms with Crippen LogP contribution in [-0.2, 0) is 6.54 Å². The molecule has 0 aromatic heterocycles. The molecule has 2 saturated heterocycles. The second kappa shape index (κ2) is 12.9. The molecule has 0 bridgehead atoms. The molecule has 5 nitrogen and oxygen atoms in total. The van der Waals surface area contributed by atoms with Gasteiger partial charge in [0, 0.05) is 49.9 Å². The summed E-state index contributed by atoms with van der Waals surface area (Å²) < 4.78 is 0. The van der Waals surface area contributed by atoms with E-state index in [1.165, 1.54) is 11.1 Å². The topological polar surface area (TPSA) is 55.8 Å². The summed E-state index contributed by atoms with van der Waals surface area (Å²) in [5.41, 5.74) is 4.50. The van der Waals surface area contributed by atoms with Gasteiger partial charge in [-0.15, -0.1) is 0 Å².